The molecule has 1 aliphatic carbocycles. The maximum Gasteiger partial charge on any atom is 0.255 e. The Bertz CT molecular complexity index is 999. The van der Waals surface area contributed by atoms with E-state index >= 15 is 0 Å². The van der Waals surface area contributed by atoms with Crippen LogP contribution < -0.4 is 5.56 Å². The van der Waals surface area contributed by atoms with Gasteiger partial charge in [-0.3, -0.25) is 19.5 Å². The topological polar surface area (TPSA) is 82.2 Å². The fourth-order valence-electron chi connectivity index (χ4n) is 5.67. The second-order valence-corrected chi connectivity index (χ2v) is 9.61. The van der Waals surface area contributed by atoms with Gasteiger partial charge in [0.05, 0.1) is 17.3 Å². The highest BCUT2D eigenvalue weighted by molar-refractivity contribution is 5.94. The predicted octanol–water partition coefficient (Wildman–Crippen LogP) is 3.47. The van der Waals surface area contributed by atoms with Gasteiger partial charge in [-0.05, 0) is 50.2 Å². The van der Waals surface area contributed by atoms with Crippen LogP contribution >= 0.6 is 0 Å². The molecule has 2 aliphatic heterocycles. The first-order valence-electron chi connectivity index (χ1n) is 12.2. The van der Waals surface area contributed by atoms with E-state index in [1.54, 1.807) is 24.5 Å². The molecular formula is C25H33N5O2. The van der Waals surface area contributed by atoms with Crippen molar-refractivity contribution in [2.45, 2.75) is 70.4 Å². The third kappa shape index (κ3) is 4.49. The van der Waals surface area contributed by atoms with Crippen LogP contribution in [-0.2, 0) is 13.0 Å². The summed E-state index contributed by atoms with van der Waals surface area (Å²) in [5.74, 6) is 1.40. The number of nitrogens with zero attached hydrogens (tertiary/aromatic N) is 4. The average molecular weight is 436 g/mol. The average Bonchev–Trinajstić information content (AvgIpc) is 2.85. The van der Waals surface area contributed by atoms with Crippen molar-refractivity contribution in [2.75, 3.05) is 19.6 Å². The van der Waals surface area contributed by atoms with E-state index in [-0.39, 0.29) is 17.5 Å². The lowest BCUT2D eigenvalue weighted by Gasteiger charge is -2.36. The molecule has 0 unspecified atom stereocenters. The number of rotatable bonds is 4. The normalized spacial score (nSPS) is 22.5. The molecule has 0 radical (unpaired) electrons. The zero-order valence-electron chi connectivity index (χ0n) is 18.8. The van der Waals surface area contributed by atoms with Crippen LogP contribution in [-0.4, -0.2) is 50.3 Å². The number of aromatic nitrogens is 3. The third-order valence-corrected chi connectivity index (χ3v) is 7.41. The van der Waals surface area contributed by atoms with Gasteiger partial charge in [-0.2, -0.15) is 0 Å². The standard InChI is InChI=1S/C25H33N5O2/c31-24-20-17-29(16-18-6-2-1-3-7-18)15-11-21(20)27-23(28-24)22-8-4-5-14-30(22)25(32)19-9-12-26-13-10-19/h9-10,12-13,18,22H,1-8,11,14-17H2,(H,27,28,31)/t22-/m0/s1. The van der Waals surface area contributed by atoms with Crippen molar-refractivity contribution < 1.29 is 4.79 Å². The minimum absolute atomic E-state index is 0.0175. The number of likely N-dealkylation sites (tertiary alicyclic amines) is 1. The molecule has 0 spiro atoms. The van der Waals surface area contributed by atoms with Crippen LogP contribution in [0, 0.1) is 5.92 Å². The van der Waals surface area contributed by atoms with E-state index in [0.29, 0.717) is 24.5 Å². The Morgan fingerprint density at radius 2 is 1.81 bits per heavy atom. The van der Waals surface area contributed by atoms with Crippen molar-refractivity contribution in [3.63, 3.8) is 0 Å². The number of nitrogens with one attached hydrogen (secondary N) is 1. The third-order valence-electron chi connectivity index (χ3n) is 7.41. The summed E-state index contributed by atoms with van der Waals surface area (Å²) >= 11 is 0. The number of aromatic amines is 1. The van der Waals surface area contributed by atoms with Crippen LogP contribution in [0.5, 0.6) is 0 Å². The van der Waals surface area contributed by atoms with E-state index < -0.39 is 0 Å². The highest BCUT2D eigenvalue weighted by Gasteiger charge is 2.32. The Morgan fingerprint density at radius 1 is 1.03 bits per heavy atom. The lowest BCUT2D eigenvalue weighted by Crippen LogP contribution is -2.42. The Hall–Kier alpha value is -2.54. The summed E-state index contributed by atoms with van der Waals surface area (Å²) in [6, 6.07) is 3.32. The molecule has 32 heavy (non-hydrogen) atoms. The highest BCUT2D eigenvalue weighted by atomic mass is 16.2. The molecule has 7 heteroatoms. The van der Waals surface area contributed by atoms with Gasteiger partial charge in [0.25, 0.3) is 11.5 Å². The van der Waals surface area contributed by atoms with Gasteiger partial charge in [0.1, 0.15) is 5.82 Å². The second-order valence-electron chi connectivity index (χ2n) is 9.61. The van der Waals surface area contributed by atoms with E-state index in [2.05, 4.69) is 14.9 Å². The predicted molar refractivity (Wildman–Crippen MR) is 122 cm³/mol. The summed E-state index contributed by atoms with van der Waals surface area (Å²) in [5, 5.41) is 0. The minimum Gasteiger partial charge on any atom is -0.328 e. The number of fused-ring (bicyclic) bond motifs is 1. The molecule has 1 atom stereocenters. The highest BCUT2D eigenvalue weighted by Crippen LogP contribution is 2.31. The Kier molecular flexibility index (Phi) is 6.35. The zero-order valence-corrected chi connectivity index (χ0v) is 18.8. The first-order valence-corrected chi connectivity index (χ1v) is 12.2. The Balaban J connectivity index is 1.35. The van der Waals surface area contributed by atoms with Crippen LogP contribution in [0.2, 0.25) is 0 Å². The summed E-state index contributed by atoms with van der Waals surface area (Å²) in [4.78, 5) is 42.6. The number of carbonyl (C=O) groups is 1. The molecule has 0 bridgehead atoms. The van der Waals surface area contributed by atoms with Gasteiger partial charge in [-0.1, -0.05) is 19.3 Å². The number of hydrogen-bond donors (Lipinski definition) is 1. The molecule has 0 aromatic carbocycles. The van der Waals surface area contributed by atoms with E-state index in [1.165, 1.54) is 32.1 Å². The second kappa shape index (κ2) is 9.53. The lowest BCUT2D eigenvalue weighted by molar-refractivity contribution is 0.0598. The molecule has 1 saturated heterocycles. The number of piperidine rings is 1. The number of amides is 1. The molecule has 1 saturated carbocycles. The van der Waals surface area contributed by atoms with E-state index in [4.69, 9.17) is 4.98 Å². The molecule has 2 aromatic heterocycles. The largest absolute Gasteiger partial charge is 0.328 e. The summed E-state index contributed by atoms with van der Waals surface area (Å²) in [6.45, 7) is 3.43. The van der Waals surface area contributed by atoms with Gasteiger partial charge in [0.15, 0.2) is 0 Å². The monoisotopic (exact) mass is 435 g/mol. The smallest absolute Gasteiger partial charge is 0.255 e. The maximum absolute atomic E-state index is 13.2. The van der Waals surface area contributed by atoms with Gasteiger partial charge in [0.2, 0.25) is 0 Å². The van der Waals surface area contributed by atoms with Crippen molar-refractivity contribution >= 4 is 5.91 Å². The summed E-state index contributed by atoms with van der Waals surface area (Å²) in [6.07, 6.45) is 13.6. The van der Waals surface area contributed by atoms with Crippen molar-refractivity contribution in [3.05, 3.63) is 57.5 Å². The first kappa shape index (κ1) is 21.3. The number of H-pyrrole nitrogens is 1. The summed E-state index contributed by atoms with van der Waals surface area (Å²) in [5.41, 5.74) is 2.34. The van der Waals surface area contributed by atoms with Crippen molar-refractivity contribution in [1.82, 2.24) is 24.8 Å². The van der Waals surface area contributed by atoms with Gasteiger partial charge >= 0.3 is 0 Å². The maximum atomic E-state index is 13.2. The van der Waals surface area contributed by atoms with Crippen LogP contribution in [0.3, 0.4) is 0 Å². The molecule has 1 N–H and O–H groups in total. The molecule has 3 aliphatic rings. The van der Waals surface area contributed by atoms with E-state index in [1.807, 2.05) is 4.90 Å². The number of hydrogen-bond acceptors (Lipinski definition) is 5. The summed E-state index contributed by atoms with van der Waals surface area (Å²) in [7, 11) is 0. The van der Waals surface area contributed by atoms with E-state index in [0.717, 1.165) is 55.9 Å². The minimum atomic E-state index is -0.178. The molecule has 2 aromatic rings. The van der Waals surface area contributed by atoms with Crippen molar-refractivity contribution in [2.24, 2.45) is 5.92 Å². The van der Waals surface area contributed by atoms with Gasteiger partial charge < -0.3 is 9.88 Å². The summed E-state index contributed by atoms with van der Waals surface area (Å²) < 4.78 is 0. The van der Waals surface area contributed by atoms with Gasteiger partial charge in [0, 0.05) is 50.6 Å². The fourth-order valence-corrected chi connectivity index (χ4v) is 5.67. The van der Waals surface area contributed by atoms with Crippen LogP contribution in [0.15, 0.2) is 29.3 Å². The Labute approximate surface area is 189 Å². The Morgan fingerprint density at radius 3 is 2.62 bits per heavy atom. The lowest BCUT2D eigenvalue weighted by atomic mass is 9.88. The molecular weight excluding hydrogens is 402 g/mol. The molecule has 4 heterocycles. The van der Waals surface area contributed by atoms with Crippen molar-refractivity contribution in [1.29, 1.82) is 0 Å². The quantitative estimate of drug-likeness (QED) is 0.795. The molecule has 1 amide bonds. The van der Waals surface area contributed by atoms with E-state index in [9.17, 15) is 9.59 Å². The number of pyridine rings is 1. The van der Waals surface area contributed by atoms with Crippen LogP contribution in [0.25, 0.3) is 0 Å². The number of carbonyl (C=O) groups excluding carboxylic acids is 1. The zero-order chi connectivity index (χ0) is 21.9. The first-order chi connectivity index (χ1) is 15.7. The van der Waals surface area contributed by atoms with Crippen LogP contribution in [0.4, 0.5) is 0 Å². The van der Waals surface area contributed by atoms with Crippen molar-refractivity contribution in [3.8, 4) is 0 Å². The molecule has 7 nitrogen and oxygen atoms in total. The van der Waals surface area contributed by atoms with Gasteiger partial charge in [-0.25, -0.2) is 4.98 Å². The fraction of sp³-hybridized carbons (Fsp3) is 0.600. The molecule has 5 rings (SSSR count). The van der Waals surface area contributed by atoms with Crippen LogP contribution in [0.1, 0.15) is 84.8 Å². The van der Waals surface area contributed by atoms with Gasteiger partial charge in [-0.15, -0.1) is 0 Å². The molecule has 170 valence electrons. The SMILES string of the molecule is O=C(c1ccncc1)N1CCCC[C@H]1c1nc2c(c(=O)[nH]1)CN(CC1CCCCC1)CC2. The molecule has 2 fully saturated rings.